The highest BCUT2D eigenvalue weighted by atomic mass is 16.6. The molecule has 104 valence electrons. The quantitative estimate of drug-likeness (QED) is 0.378. The summed E-state index contributed by atoms with van der Waals surface area (Å²) in [6, 6.07) is 13.2. The summed E-state index contributed by atoms with van der Waals surface area (Å²) in [5.41, 5.74) is 6.18. The van der Waals surface area contributed by atoms with E-state index >= 15 is 0 Å². The van der Waals surface area contributed by atoms with Crippen molar-refractivity contribution in [2.75, 3.05) is 18.9 Å². The Labute approximate surface area is 115 Å². The standard InChI is InChI=1S/C14H14N2O4/c15-11-4-3-5-12(10-11)19-8-9-20-14-7-2-1-6-13(14)16(17)18/h1-7,10H,8-9,15H2. The fraction of sp³-hybridized carbons (Fsp3) is 0.143. The molecular weight excluding hydrogens is 260 g/mol. The van der Waals surface area contributed by atoms with Crippen molar-refractivity contribution in [2.24, 2.45) is 0 Å². The normalized spacial score (nSPS) is 10.0. The van der Waals surface area contributed by atoms with Crippen LogP contribution >= 0.6 is 0 Å². The minimum absolute atomic E-state index is 0.0588. The SMILES string of the molecule is Nc1cccc(OCCOc2ccccc2[N+](=O)[O-])c1. The molecule has 0 unspecified atom stereocenters. The summed E-state index contributed by atoms with van der Waals surface area (Å²) in [6.45, 7) is 0.481. The second kappa shape index (κ2) is 6.42. The van der Waals surface area contributed by atoms with E-state index < -0.39 is 4.92 Å². The third-order valence-corrected chi connectivity index (χ3v) is 2.53. The molecule has 0 bridgehead atoms. The molecule has 0 fully saturated rings. The van der Waals surface area contributed by atoms with Crippen LogP contribution in [0.1, 0.15) is 0 Å². The van der Waals surface area contributed by atoms with Crippen molar-refractivity contribution >= 4 is 11.4 Å². The van der Waals surface area contributed by atoms with Crippen LogP contribution in [-0.2, 0) is 0 Å². The molecule has 0 aliphatic carbocycles. The minimum Gasteiger partial charge on any atom is -0.490 e. The highest BCUT2D eigenvalue weighted by Gasteiger charge is 2.13. The molecule has 6 nitrogen and oxygen atoms in total. The van der Waals surface area contributed by atoms with Gasteiger partial charge in [0.2, 0.25) is 0 Å². The van der Waals surface area contributed by atoms with Crippen molar-refractivity contribution in [1.82, 2.24) is 0 Å². The third kappa shape index (κ3) is 3.61. The summed E-state index contributed by atoms with van der Waals surface area (Å²) in [7, 11) is 0. The lowest BCUT2D eigenvalue weighted by Crippen LogP contribution is -2.10. The van der Waals surface area contributed by atoms with Gasteiger partial charge in [-0.25, -0.2) is 0 Å². The maximum absolute atomic E-state index is 10.8. The number of nitro groups is 1. The number of anilines is 1. The second-order valence-electron chi connectivity index (χ2n) is 3.99. The predicted octanol–water partition coefficient (Wildman–Crippen LogP) is 2.63. The van der Waals surface area contributed by atoms with Gasteiger partial charge >= 0.3 is 5.69 Å². The Morgan fingerprint density at radius 2 is 1.80 bits per heavy atom. The molecule has 0 saturated carbocycles. The molecule has 0 heterocycles. The van der Waals surface area contributed by atoms with Gasteiger partial charge in [-0.2, -0.15) is 0 Å². The first kappa shape index (κ1) is 13.7. The molecule has 0 aliphatic rings. The molecule has 20 heavy (non-hydrogen) atoms. The van der Waals surface area contributed by atoms with Crippen LogP contribution in [0.3, 0.4) is 0 Å². The van der Waals surface area contributed by atoms with Gasteiger partial charge in [0.1, 0.15) is 19.0 Å². The molecule has 0 amide bonds. The van der Waals surface area contributed by atoms with Gasteiger partial charge in [-0.1, -0.05) is 18.2 Å². The zero-order chi connectivity index (χ0) is 14.4. The summed E-state index contributed by atoms with van der Waals surface area (Å²) in [4.78, 5) is 10.3. The molecule has 2 rings (SSSR count). The van der Waals surface area contributed by atoms with Gasteiger partial charge in [0.25, 0.3) is 0 Å². The van der Waals surface area contributed by atoms with Gasteiger partial charge in [-0.3, -0.25) is 10.1 Å². The van der Waals surface area contributed by atoms with E-state index in [0.29, 0.717) is 11.4 Å². The van der Waals surface area contributed by atoms with E-state index in [9.17, 15) is 10.1 Å². The number of nitrogens with two attached hydrogens (primary N) is 1. The smallest absolute Gasteiger partial charge is 0.310 e. The molecule has 0 radical (unpaired) electrons. The first-order valence-corrected chi connectivity index (χ1v) is 6.01. The highest BCUT2D eigenvalue weighted by Crippen LogP contribution is 2.25. The maximum atomic E-state index is 10.8. The van der Waals surface area contributed by atoms with Gasteiger partial charge in [-0.15, -0.1) is 0 Å². The molecule has 0 atom stereocenters. The lowest BCUT2D eigenvalue weighted by Gasteiger charge is -2.08. The molecule has 0 aliphatic heterocycles. The average molecular weight is 274 g/mol. The molecule has 0 saturated heterocycles. The van der Waals surface area contributed by atoms with Gasteiger partial charge < -0.3 is 15.2 Å². The van der Waals surface area contributed by atoms with Crippen molar-refractivity contribution in [3.63, 3.8) is 0 Å². The fourth-order valence-corrected chi connectivity index (χ4v) is 1.65. The predicted molar refractivity (Wildman–Crippen MR) is 74.9 cm³/mol. The van der Waals surface area contributed by atoms with Crippen LogP contribution < -0.4 is 15.2 Å². The summed E-state index contributed by atoms with van der Waals surface area (Å²) in [6.07, 6.45) is 0. The monoisotopic (exact) mass is 274 g/mol. The minimum atomic E-state index is -0.478. The van der Waals surface area contributed by atoms with Crippen LogP contribution in [0.2, 0.25) is 0 Å². The van der Waals surface area contributed by atoms with Gasteiger partial charge in [-0.05, 0) is 18.2 Å². The summed E-state index contributed by atoms with van der Waals surface area (Å²) in [5.74, 6) is 0.866. The molecule has 0 aromatic heterocycles. The number of hydrogen-bond donors (Lipinski definition) is 1. The molecule has 6 heteroatoms. The molecule has 2 aromatic rings. The van der Waals surface area contributed by atoms with Crippen molar-refractivity contribution < 1.29 is 14.4 Å². The number of rotatable bonds is 6. The Bertz CT molecular complexity index is 601. The zero-order valence-corrected chi connectivity index (χ0v) is 10.7. The number of para-hydroxylation sites is 2. The fourth-order valence-electron chi connectivity index (χ4n) is 1.65. The van der Waals surface area contributed by atoms with Gasteiger partial charge in [0.15, 0.2) is 5.75 Å². The van der Waals surface area contributed by atoms with Gasteiger partial charge in [0.05, 0.1) is 4.92 Å². The number of ether oxygens (including phenoxy) is 2. The number of nitrogen functional groups attached to an aromatic ring is 1. The van der Waals surface area contributed by atoms with Crippen LogP contribution in [0.25, 0.3) is 0 Å². The molecule has 2 aromatic carbocycles. The maximum Gasteiger partial charge on any atom is 0.310 e. The number of nitro benzene ring substituents is 1. The zero-order valence-electron chi connectivity index (χ0n) is 10.7. The van der Waals surface area contributed by atoms with E-state index in [1.54, 1.807) is 42.5 Å². The van der Waals surface area contributed by atoms with Crippen LogP contribution in [-0.4, -0.2) is 18.1 Å². The number of hydrogen-bond acceptors (Lipinski definition) is 5. The van der Waals surface area contributed by atoms with Crippen LogP contribution in [0.15, 0.2) is 48.5 Å². The average Bonchev–Trinajstić information content (AvgIpc) is 2.44. The first-order chi connectivity index (χ1) is 9.66. The molecular formula is C14H14N2O4. The Hall–Kier alpha value is -2.76. The Morgan fingerprint density at radius 3 is 2.55 bits per heavy atom. The summed E-state index contributed by atoms with van der Waals surface area (Å²) in [5, 5.41) is 10.8. The van der Waals surface area contributed by atoms with E-state index in [-0.39, 0.29) is 24.7 Å². The van der Waals surface area contributed by atoms with Crippen LogP contribution in [0.5, 0.6) is 11.5 Å². The molecule has 0 spiro atoms. The lowest BCUT2D eigenvalue weighted by molar-refractivity contribution is -0.385. The van der Waals surface area contributed by atoms with E-state index in [2.05, 4.69) is 0 Å². The van der Waals surface area contributed by atoms with Crippen molar-refractivity contribution in [3.05, 3.63) is 58.6 Å². The lowest BCUT2D eigenvalue weighted by atomic mass is 10.3. The third-order valence-electron chi connectivity index (χ3n) is 2.53. The van der Waals surface area contributed by atoms with Gasteiger partial charge in [0, 0.05) is 17.8 Å². The largest absolute Gasteiger partial charge is 0.490 e. The van der Waals surface area contributed by atoms with E-state index in [1.807, 2.05) is 0 Å². The van der Waals surface area contributed by atoms with Crippen molar-refractivity contribution in [1.29, 1.82) is 0 Å². The summed E-state index contributed by atoms with van der Waals surface area (Å²) >= 11 is 0. The topological polar surface area (TPSA) is 87.6 Å². The Morgan fingerprint density at radius 1 is 1.05 bits per heavy atom. The van der Waals surface area contributed by atoms with E-state index in [0.717, 1.165) is 0 Å². The Balaban J connectivity index is 1.86. The van der Waals surface area contributed by atoms with Crippen LogP contribution in [0.4, 0.5) is 11.4 Å². The molecule has 2 N–H and O–H groups in total. The van der Waals surface area contributed by atoms with Crippen molar-refractivity contribution in [2.45, 2.75) is 0 Å². The Kier molecular flexibility index (Phi) is 4.39. The highest BCUT2D eigenvalue weighted by molar-refractivity contribution is 5.45. The van der Waals surface area contributed by atoms with Crippen LogP contribution in [0, 0.1) is 10.1 Å². The second-order valence-corrected chi connectivity index (χ2v) is 3.99. The number of benzene rings is 2. The number of nitrogens with zero attached hydrogens (tertiary/aromatic N) is 1. The van der Waals surface area contributed by atoms with Crippen molar-refractivity contribution in [3.8, 4) is 11.5 Å². The van der Waals surface area contributed by atoms with E-state index in [4.69, 9.17) is 15.2 Å². The first-order valence-electron chi connectivity index (χ1n) is 6.01. The van der Waals surface area contributed by atoms with E-state index in [1.165, 1.54) is 6.07 Å². The summed E-state index contributed by atoms with van der Waals surface area (Å²) < 4.78 is 10.8.